The van der Waals surface area contributed by atoms with Crippen molar-refractivity contribution in [2.45, 2.75) is 50.0 Å². The number of rotatable bonds is 5. The lowest BCUT2D eigenvalue weighted by atomic mass is 9.76. The van der Waals surface area contributed by atoms with Crippen molar-refractivity contribution in [2.75, 3.05) is 19.6 Å². The van der Waals surface area contributed by atoms with Gasteiger partial charge in [0.25, 0.3) is 5.91 Å². The maximum absolute atomic E-state index is 12.7. The summed E-state index contributed by atoms with van der Waals surface area (Å²) in [6.07, 6.45) is 9.85. The number of carbonyl (C=O) groups is 2. The van der Waals surface area contributed by atoms with Gasteiger partial charge < -0.3 is 15.0 Å². The van der Waals surface area contributed by atoms with Crippen LogP contribution < -0.4 is 10.1 Å². The fraction of sp³-hybridized carbons (Fsp3) is 0.500. The number of carbonyl (C=O) groups excluding carboxylic acids is 2. The predicted octanol–water partition coefficient (Wildman–Crippen LogP) is 2.93. The first kappa shape index (κ1) is 20.0. The molecule has 31 heavy (non-hydrogen) atoms. The molecule has 5 rings (SSSR count). The van der Waals surface area contributed by atoms with Crippen LogP contribution in [0.3, 0.4) is 0 Å². The molecule has 2 fully saturated rings. The molecule has 0 unspecified atom stereocenters. The molecule has 3 heterocycles. The molecule has 3 aliphatic rings. The number of para-hydroxylation sites is 1. The molecule has 1 aromatic heterocycles. The number of likely N-dealkylation sites (tertiary alicyclic amines) is 1. The van der Waals surface area contributed by atoms with E-state index >= 15 is 0 Å². The molecule has 2 amide bonds. The third-order valence-electron chi connectivity index (χ3n) is 6.76. The Bertz CT molecular complexity index is 952. The van der Waals surface area contributed by atoms with Crippen LogP contribution in [0.1, 0.15) is 60.5 Å². The molecule has 1 saturated carbocycles. The normalized spacial score (nSPS) is 21.8. The molecule has 1 N–H and O–H groups in total. The van der Waals surface area contributed by atoms with Crippen molar-refractivity contribution in [3.8, 4) is 5.75 Å². The van der Waals surface area contributed by atoms with E-state index in [0.29, 0.717) is 31.1 Å². The summed E-state index contributed by atoms with van der Waals surface area (Å²) in [5.41, 5.74) is 1.15. The first-order chi connectivity index (χ1) is 15.1. The van der Waals surface area contributed by atoms with Crippen molar-refractivity contribution in [1.82, 2.24) is 20.2 Å². The summed E-state index contributed by atoms with van der Waals surface area (Å²) in [4.78, 5) is 35.3. The second kappa shape index (κ2) is 8.29. The summed E-state index contributed by atoms with van der Waals surface area (Å²) < 4.78 is 6.52. The van der Waals surface area contributed by atoms with Gasteiger partial charge in [0.15, 0.2) is 0 Å². The zero-order valence-electron chi connectivity index (χ0n) is 17.6. The Kier molecular flexibility index (Phi) is 5.34. The van der Waals surface area contributed by atoms with Gasteiger partial charge in [-0.15, -0.1) is 0 Å². The van der Waals surface area contributed by atoms with Gasteiger partial charge in [-0.2, -0.15) is 0 Å². The molecule has 1 aromatic carbocycles. The number of aromatic nitrogens is 2. The number of ether oxygens (including phenoxy) is 1. The number of hydrogen-bond acceptors (Lipinski definition) is 5. The topological polar surface area (TPSA) is 84.4 Å². The molecule has 1 atom stereocenters. The van der Waals surface area contributed by atoms with Gasteiger partial charge in [0.2, 0.25) is 5.91 Å². The lowest BCUT2D eigenvalue weighted by molar-refractivity contribution is -0.122. The molecule has 2 aliphatic heterocycles. The van der Waals surface area contributed by atoms with Crippen LogP contribution in [0.4, 0.5) is 0 Å². The smallest absolute Gasteiger partial charge is 0.274 e. The minimum Gasteiger partial charge on any atom is -0.487 e. The van der Waals surface area contributed by atoms with E-state index in [1.807, 2.05) is 23.1 Å². The highest BCUT2D eigenvalue weighted by atomic mass is 16.5. The summed E-state index contributed by atoms with van der Waals surface area (Å²) in [5, 5.41) is 3.11. The van der Waals surface area contributed by atoms with E-state index in [9.17, 15) is 9.59 Å². The molecule has 2 aromatic rings. The number of nitrogens with zero attached hydrogens (tertiary/aromatic N) is 3. The summed E-state index contributed by atoms with van der Waals surface area (Å²) in [6, 6.07) is 8.07. The van der Waals surface area contributed by atoms with Crippen molar-refractivity contribution in [3.63, 3.8) is 0 Å². The standard InChI is InChI=1S/C24H28N4O3/c29-22(27-15-17-5-6-17)13-18-14-24(31-21-4-2-1-3-19(18)21)7-11-28(12-8-24)23(30)20-16-25-9-10-26-20/h1-4,9-10,16-18H,5-8,11-15H2,(H,27,29)/t18-/m1/s1. The first-order valence-electron chi connectivity index (χ1n) is 11.2. The van der Waals surface area contributed by atoms with Crippen molar-refractivity contribution < 1.29 is 14.3 Å². The van der Waals surface area contributed by atoms with E-state index in [1.54, 1.807) is 12.4 Å². The molecule has 0 radical (unpaired) electrons. The zero-order chi connectivity index (χ0) is 21.3. The number of piperidine rings is 1. The Morgan fingerprint density at radius 3 is 2.71 bits per heavy atom. The Hall–Kier alpha value is -2.96. The number of nitrogens with one attached hydrogen (secondary N) is 1. The van der Waals surface area contributed by atoms with Gasteiger partial charge >= 0.3 is 0 Å². The minimum atomic E-state index is -0.338. The van der Waals surface area contributed by atoms with Gasteiger partial charge in [-0.1, -0.05) is 18.2 Å². The maximum Gasteiger partial charge on any atom is 0.274 e. The lowest BCUT2D eigenvalue weighted by Crippen LogP contribution is -2.52. The third-order valence-corrected chi connectivity index (χ3v) is 6.76. The summed E-state index contributed by atoms with van der Waals surface area (Å²) >= 11 is 0. The van der Waals surface area contributed by atoms with Crippen molar-refractivity contribution in [1.29, 1.82) is 0 Å². The van der Waals surface area contributed by atoms with Crippen LogP contribution in [0.15, 0.2) is 42.9 Å². The Morgan fingerprint density at radius 2 is 1.97 bits per heavy atom. The van der Waals surface area contributed by atoms with E-state index in [0.717, 1.165) is 37.1 Å². The summed E-state index contributed by atoms with van der Waals surface area (Å²) in [5.74, 6) is 1.72. The number of hydrogen-bond donors (Lipinski definition) is 1. The molecule has 1 saturated heterocycles. The van der Waals surface area contributed by atoms with Crippen molar-refractivity contribution >= 4 is 11.8 Å². The monoisotopic (exact) mass is 420 g/mol. The SMILES string of the molecule is O=C(C[C@@H]1CC2(CCN(C(=O)c3cnccn3)CC2)Oc2ccccc21)NCC1CC1. The third kappa shape index (κ3) is 4.40. The number of benzene rings is 1. The molecule has 7 heteroatoms. The fourth-order valence-electron chi connectivity index (χ4n) is 4.80. The maximum atomic E-state index is 12.7. The second-order valence-corrected chi connectivity index (χ2v) is 9.06. The predicted molar refractivity (Wildman–Crippen MR) is 115 cm³/mol. The van der Waals surface area contributed by atoms with Crippen molar-refractivity contribution in [3.05, 3.63) is 54.1 Å². The quantitative estimate of drug-likeness (QED) is 0.804. The van der Waals surface area contributed by atoms with Gasteiger partial charge in [-0.3, -0.25) is 14.6 Å². The average molecular weight is 421 g/mol. The largest absolute Gasteiger partial charge is 0.487 e. The summed E-state index contributed by atoms with van der Waals surface area (Å²) in [6.45, 7) is 2.02. The zero-order valence-corrected chi connectivity index (χ0v) is 17.6. The van der Waals surface area contributed by atoms with Gasteiger partial charge in [-0.05, 0) is 36.8 Å². The molecular weight excluding hydrogens is 392 g/mol. The Balaban J connectivity index is 1.27. The highest BCUT2D eigenvalue weighted by Crippen LogP contribution is 2.46. The number of fused-ring (bicyclic) bond motifs is 1. The van der Waals surface area contributed by atoms with E-state index in [1.165, 1.54) is 19.0 Å². The van der Waals surface area contributed by atoms with E-state index in [-0.39, 0.29) is 23.3 Å². The van der Waals surface area contributed by atoms with Gasteiger partial charge in [0.1, 0.15) is 17.0 Å². The number of amides is 2. The second-order valence-electron chi connectivity index (χ2n) is 9.06. The highest BCUT2D eigenvalue weighted by molar-refractivity contribution is 5.92. The van der Waals surface area contributed by atoms with E-state index < -0.39 is 0 Å². The van der Waals surface area contributed by atoms with Crippen molar-refractivity contribution in [2.24, 2.45) is 5.92 Å². The highest BCUT2D eigenvalue weighted by Gasteiger charge is 2.44. The molecule has 7 nitrogen and oxygen atoms in total. The fourth-order valence-corrected chi connectivity index (χ4v) is 4.80. The van der Waals surface area contributed by atoms with Crippen LogP contribution in [-0.4, -0.2) is 51.9 Å². The Morgan fingerprint density at radius 1 is 1.16 bits per heavy atom. The van der Waals surface area contributed by atoms with Gasteiger partial charge in [-0.25, -0.2) is 4.98 Å². The molecular formula is C24H28N4O3. The van der Waals surface area contributed by atoms with Crippen LogP contribution in [0.25, 0.3) is 0 Å². The van der Waals surface area contributed by atoms with E-state index in [2.05, 4.69) is 21.4 Å². The molecule has 162 valence electrons. The van der Waals surface area contributed by atoms with Gasteiger partial charge in [0, 0.05) is 57.2 Å². The lowest BCUT2D eigenvalue weighted by Gasteiger charge is -2.46. The summed E-state index contributed by atoms with van der Waals surface area (Å²) in [7, 11) is 0. The first-order valence-corrected chi connectivity index (χ1v) is 11.2. The van der Waals surface area contributed by atoms with Crippen LogP contribution >= 0.6 is 0 Å². The minimum absolute atomic E-state index is 0.0878. The molecule has 0 bridgehead atoms. The van der Waals surface area contributed by atoms with Crippen LogP contribution in [0, 0.1) is 5.92 Å². The van der Waals surface area contributed by atoms with Gasteiger partial charge in [0.05, 0.1) is 6.20 Å². The molecule has 1 aliphatic carbocycles. The molecule has 1 spiro atoms. The van der Waals surface area contributed by atoms with Crippen LogP contribution in [-0.2, 0) is 4.79 Å². The van der Waals surface area contributed by atoms with Crippen LogP contribution in [0.5, 0.6) is 5.75 Å². The van der Waals surface area contributed by atoms with E-state index in [4.69, 9.17) is 4.74 Å². The average Bonchev–Trinajstić information content (AvgIpc) is 3.63. The van der Waals surface area contributed by atoms with Crippen LogP contribution in [0.2, 0.25) is 0 Å². The Labute approximate surface area is 182 Å².